The van der Waals surface area contributed by atoms with Crippen molar-refractivity contribution >= 4 is 17.6 Å². The van der Waals surface area contributed by atoms with Crippen LogP contribution in [0.4, 0.5) is 18.9 Å². The van der Waals surface area contributed by atoms with Crippen molar-refractivity contribution in [1.82, 2.24) is 0 Å². The minimum atomic E-state index is -5.09. The van der Waals surface area contributed by atoms with Gasteiger partial charge in [-0.1, -0.05) is 36.4 Å². The monoisotopic (exact) mass is 309 g/mol. The summed E-state index contributed by atoms with van der Waals surface area (Å²) < 4.78 is 36.8. The number of aromatic carboxylic acids is 1. The first-order chi connectivity index (χ1) is 10.3. The van der Waals surface area contributed by atoms with Crippen molar-refractivity contribution in [3.05, 3.63) is 54.1 Å². The maximum atomic E-state index is 12.3. The van der Waals surface area contributed by atoms with E-state index in [-0.39, 0.29) is 0 Å². The number of hydrogen-bond acceptors (Lipinski definition) is 2. The van der Waals surface area contributed by atoms with Crippen LogP contribution in [0.5, 0.6) is 0 Å². The van der Waals surface area contributed by atoms with E-state index in [1.54, 1.807) is 35.6 Å². The third-order valence-corrected chi connectivity index (χ3v) is 2.86. The van der Waals surface area contributed by atoms with Crippen molar-refractivity contribution in [1.29, 1.82) is 0 Å². The molecule has 0 aliphatic heterocycles. The molecule has 0 bridgehead atoms. The number of nitrogens with one attached hydrogen (secondary N) is 1. The standard InChI is InChI=1S/C15H10F3NO3/c16-15(17,18)14(22)19-12-7-6-10(8-11(12)13(20)21)9-4-2-1-3-5-9/h1-8H,(H,19,22)(H,20,21). The fourth-order valence-electron chi connectivity index (χ4n) is 1.83. The van der Waals surface area contributed by atoms with Crippen LogP contribution in [0.3, 0.4) is 0 Å². The number of benzene rings is 2. The van der Waals surface area contributed by atoms with Gasteiger partial charge in [0.25, 0.3) is 0 Å². The van der Waals surface area contributed by atoms with Crippen LogP contribution in [0.15, 0.2) is 48.5 Å². The van der Waals surface area contributed by atoms with Crippen LogP contribution in [0, 0.1) is 0 Å². The van der Waals surface area contributed by atoms with E-state index in [4.69, 9.17) is 5.11 Å². The summed E-state index contributed by atoms with van der Waals surface area (Å²) in [5, 5.41) is 10.7. The molecule has 0 heterocycles. The lowest BCUT2D eigenvalue weighted by Gasteiger charge is -2.12. The zero-order valence-electron chi connectivity index (χ0n) is 11.0. The Labute approximate surface area is 123 Å². The lowest BCUT2D eigenvalue weighted by Crippen LogP contribution is -2.30. The van der Waals surface area contributed by atoms with E-state index >= 15 is 0 Å². The Morgan fingerprint density at radius 3 is 2.14 bits per heavy atom. The van der Waals surface area contributed by atoms with Crippen LogP contribution in [-0.2, 0) is 4.79 Å². The highest BCUT2D eigenvalue weighted by Gasteiger charge is 2.39. The number of carboxylic acids is 1. The summed E-state index contributed by atoms with van der Waals surface area (Å²) >= 11 is 0. The van der Waals surface area contributed by atoms with Crippen molar-refractivity contribution < 1.29 is 27.9 Å². The summed E-state index contributed by atoms with van der Waals surface area (Å²) in [6.45, 7) is 0. The molecule has 2 rings (SSSR count). The summed E-state index contributed by atoms with van der Waals surface area (Å²) in [7, 11) is 0. The van der Waals surface area contributed by atoms with Crippen molar-refractivity contribution in [3.63, 3.8) is 0 Å². The van der Waals surface area contributed by atoms with Crippen LogP contribution in [0.1, 0.15) is 10.4 Å². The molecule has 2 aromatic rings. The van der Waals surface area contributed by atoms with Crippen LogP contribution in [0.2, 0.25) is 0 Å². The number of amides is 1. The number of hydrogen-bond donors (Lipinski definition) is 2. The summed E-state index contributed by atoms with van der Waals surface area (Å²) in [6.07, 6.45) is -5.09. The zero-order valence-corrected chi connectivity index (χ0v) is 11.0. The van der Waals surface area contributed by atoms with Crippen LogP contribution < -0.4 is 5.32 Å². The second kappa shape index (κ2) is 5.88. The van der Waals surface area contributed by atoms with E-state index < -0.39 is 29.3 Å². The molecule has 0 spiro atoms. The van der Waals surface area contributed by atoms with Gasteiger partial charge in [-0.05, 0) is 23.3 Å². The van der Waals surface area contributed by atoms with Crippen molar-refractivity contribution in [2.24, 2.45) is 0 Å². The molecule has 7 heteroatoms. The minimum Gasteiger partial charge on any atom is -0.478 e. The maximum absolute atomic E-state index is 12.3. The van der Waals surface area contributed by atoms with Gasteiger partial charge in [-0.25, -0.2) is 4.79 Å². The highest BCUT2D eigenvalue weighted by molar-refractivity contribution is 6.03. The summed E-state index contributed by atoms with van der Waals surface area (Å²) in [6, 6.07) is 12.5. The number of carbonyl (C=O) groups excluding carboxylic acids is 1. The Morgan fingerprint density at radius 2 is 1.59 bits per heavy atom. The highest BCUT2D eigenvalue weighted by Crippen LogP contribution is 2.27. The first-order valence-electron chi connectivity index (χ1n) is 6.10. The first kappa shape index (κ1) is 15.6. The third-order valence-electron chi connectivity index (χ3n) is 2.86. The smallest absolute Gasteiger partial charge is 0.471 e. The van der Waals surface area contributed by atoms with Crippen molar-refractivity contribution in [2.75, 3.05) is 5.32 Å². The normalized spacial score (nSPS) is 11.0. The van der Waals surface area contributed by atoms with E-state index in [1.165, 1.54) is 12.1 Å². The zero-order chi connectivity index (χ0) is 16.3. The molecule has 2 aromatic carbocycles. The molecule has 1 amide bonds. The average Bonchev–Trinajstić information content (AvgIpc) is 2.47. The van der Waals surface area contributed by atoms with Crippen LogP contribution in [-0.4, -0.2) is 23.2 Å². The molecule has 0 fully saturated rings. The fraction of sp³-hybridized carbons (Fsp3) is 0.0667. The summed E-state index contributed by atoms with van der Waals surface area (Å²) in [4.78, 5) is 22.1. The number of anilines is 1. The van der Waals surface area contributed by atoms with Gasteiger partial charge in [0.05, 0.1) is 11.3 Å². The van der Waals surface area contributed by atoms with Crippen LogP contribution in [0.25, 0.3) is 11.1 Å². The predicted molar refractivity (Wildman–Crippen MR) is 73.5 cm³/mol. The number of carboxylic acid groups (broad SMARTS) is 1. The Morgan fingerprint density at radius 1 is 0.955 bits per heavy atom. The SMILES string of the molecule is O=C(O)c1cc(-c2ccccc2)ccc1NC(=O)C(F)(F)F. The molecule has 0 atom stereocenters. The lowest BCUT2D eigenvalue weighted by atomic mass is 10.0. The Hall–Kier alpha value is -2.83. The second-order valence-corrected chi connectivity index (χ2v) is 4.38. The van der Waals surface area contributed by atoms with E-state index in [1.807, 2.05) is 0 Å². The van der Waals surface area contributed by atoms with Crippen LogP contribution >= 0.6 is 0 Å². The fourth-order valence-corrected chi connectivity index (χ4v) is 1.83. The molecule has 22 heavy (non-hydrogen) atoms. The van der Waals surface area contributed by atoms with Gasteiger partial charge in [-0.15, -0.1) is 0 Å². The molecule has 4 nitrogen and oxygen atoms in total. The van der Waals surface area contributed by atoms with Crippen molar-refractivity contribution in [3.8, 4) is 11.1 Å². The number of halogens is 3. The molecule has 0 aliphatic rings. The van der Waals surface area contributed by atoms with E-state index in [2.05, 4.69) is 0 Å². The molecule has 0 aromatic heterocycles. The average molecular weight is 309 g/mol. The molecule has 0 saturated heterocycles. The summed E-state index contributed by atoms with van der Waals surface area (Å²) in [5.41, 5.74) is 0.398. The molecule has 2 N–H and O–H groups in total. The predicted octanol–water partition coefficient (Wildman–Crippen LogP) is 3.55. The van der Waals surface area contributed by atoms with Gasteiger partial charge in [-0.2, -0.15) is 13.2 Å². The Kier molecular flexibility index (Phi) is 4.16. The molecule has 0 aliphatic carbocycles. The molecule has 0 radical (unpaired) electrons. The highest BCUT2D eigenvalue weighted by atomic mass is 19.4. The number of alkyl halides is 3. The summed E-state index contributed by atoms with van der Waals surface area (Å²) in [5.74, 6) is -3.65. The molecule has 114 valence electrons. The number of carbonyl (C=O) groups is 2. The molecule has 0 saturated carbocycles. The minimum absolute atomic E-state index is 0.408. The number of rotatable bonds is 3. The van der Waals surface area contributed by atoms with E-state index in [9.17, 15) is 22.8 Å². The Bertz CT molecular complexity index is 712. The molecular weight excluding hydrogens is 299 g/mol. The van der Waals surface area contributed by atoms with Gasteiger partial charge in [0.15, 0.2) is 0 Å². The van der Waals surface area contributed by atoms with E-state index in [0.29, 0.717) is 11.1 Å². The molecular formula is C15H10F3NO3. The van der Waals surface area contributed by atoms with Gasteiger partial charge in [0.2, 0.25) is 0 Å². The van der Waals surface area contributed by atoms with Gasteiger partial charge < -0.3 is 10.4 Å². The largest absolute Gasteiger partial charge is 0.478 e. The third kappa shape index (κ3) is 3.43. The first-order valence-corrected chi connectivity index (χ1v) is 6.10. The molecule has 0 unspecified atom stereocenters. The Balaban J connectivity index is 2.41. The topological polar surface area (TPSA) is 66.4 Å². The quantitative estimate of drug-likeness (QED) is 0.911. The maximum Gasteiger partial charge on any atom is 0.471 e. The second-order valence-electron chi connectivity index (χ2n) is 4.38. The lowest BCUT2D eigenvalue weighted by molar-refractivity contribution is -0.167. The van der Waals surface area contributed by atoms with Crippen molar-refractivity contribution in [2.45, 2.75) is 6.18 Å². The van der Waals surface area contributed by atoms with E-state index in [0.717, 1.165) is 6.07 Å². The van der Waals surface area contributed by atoms with Gasteiger partial charge in [0, 0.05) is 0 Å². The van der Waals surface area contributed by atoms with Gasteiger partial charge in [0.1, 0.15) is 0 Å². The van der Waals surface area contributed by atoms with Gasteiger partial charge >= 0.3 is 18.1 Å². The van der Waals surface area contributed by atoms with Gasteiger partial charge in [-0.3, -0.25) is 4.79 Å².